The fourth-order valence-corrected chi connectivity index (χ4v) is 5.83. The first kappa shape index (κ1) is 37.1. The minimum Gasteiger partial charge on any atom is -0.494 e. The molecule has 0 unspecified atom stereocenters. The van der Waals surface area contributed by atoms with Crippen molar-refractivity contribution in [1.82, 2.24) is 0 Å². The Morgan fingerprint density at radius 3 is 1.89 bits per heavy atom. The molecule has 8 nitrogen and oxygen atoms in total. The molecule has 1 fully saturated rings. The van der Waals surface area contributed by atoms with Crippen LogP contribution in [-0.4, -0.2) is 50.9 Å². The lowest BCUT2D eigenvalue weighted by atomic mass is 9.77. The summed E-state index contributed by atoms with van der Waals surface area (Å²) in [5.41, 5.74) is 1.81. The van der Waals surface area contributed by atoms with E-state index in [9.17, 15) is 14.4 Å². The summed E-state index contributed by atoms with van der Waals surface area (Å²) in [5, 5.41) is 0. The Labute approximate surface area is 275 Å². The minimum absolute atomic E-state index is 0.195. The molecule has 1 aliphatic carbocycles. The van der Waals surface area contributed by atoms with E-state index in [1.807, 2.05) is 19.1 Å². The lowest BCUT2D eigenvalue weighted by molar-refractivity contribution is -0.146. The number of rotatable bonds is 22. The molecule has 0 atom stereocenters. The third-order valence-electron chi connectivity index (χ3n) is 8.47. The average Bonchev–Trinajstić information content (AvgIpc) is 3.07. The third-order valence-corrected chi connectivity index (χ3v) is 8.47. The first-order chi connectivity index (χ1) is 22.5. The van der Waals surface area contributed by atoms with Crippen LogP contribution in [-0.2, 0) is 23.8 Å². The second kappa shape index (κ2) is 22.2. The maximum atomic E-state index is 12.7. The van der Waals surface area contributed by atoms with E-state index in [2.05, 4.69) is 19.1 Å². The number of esters is 3. The molecule has 2 aromatic rings. The highest BCUT2D eigenvalue weighted by molar-refractivity contribution is 5.91. The first-order valence-corrected chi connectivity index (χ1v) is 17.4. The minimum atomic E-state index is -0.389. The quantitative estimate of drug-likeness (QED) is 0.0719. The molecule has 0 heterocycles. The number of hydrogen-bond donors (Lipinski definition) is 0. The van der Waals surface area contributed by atoms with Gasteiger partial charge in [-0.25, -0.2) is 4.79 Å². The second-order valence-electron chi connectivity index (χ2n) is 12.1. The summed E-state index contributed by atoms with van der Waals surface area (Å²) < 4.78 is 26.9. The predicted molar refractivity (Wildman–Crippen MR) is 178 cm³/mol. The number of carbonyl (C=O) groups is 3. The standard InChI is InChI=1S/C38H54O8/c1-3-11-30-14-16-31(17-15-30)32-18-24-35(25-19-32)46-38(41)33-20-22-34(23-21-33)43-26-9-5-7-12-36(39)44-27-10-6-8-13-37(40)45-29-28-42-4-2/h18-25,30-31H,3-17,26-29H2,1-2H3. The lowest BCUT2D eigenvalue weighted by Gasteiger charge is -2.28. The molecule has 2 aromatic carbocycles. The van der Waals surface area contributed by atoms with Gasteiger partial charge in [0.2, 0.25) is 0 Å². The molecular weight excluding hydrogens is 584 g/mol. The van der Waals surface area contributed by atoms with Crippen molar-refractivity contribution in [3.63, 3.8) is 0 Å². The molecule has 1 aliphatic rings. The largest absolute Gasteiger partial charge is 0.494 e. The molecular formula is C38H54O8. The van der Waals surface area contributed by atoms with Gasteiger partial charge in [0.1, 0.15) is 18.1 Å². The van der Waals surface area contributed by atoms with Crippen molar-refractivity contribution in [2.24, 2.45) is 5.92 Å². The van der Waals surface area contributed by atoms with Gasteiger partial charge in [-0.15, -0.1) is 0 Å². The molecule has 0 amide bonds. The Balaban J connectivity index is 1.20. The third kappa shape index (κ3) is 14.8. The number of ether oxygens (including phenoxy) is 5. The van der Waals surface area contributed by atoms with Crippen LogP contribution in [0, 0.1) is 5.92 Å². The average molecular weight is 639 g/mol. The molecule has 254 valence electrons. The van der Waals surface area contributed by atoms with Crippen LogP contribution in [0.3, 0.4) is 0 Å². The Kier molecular flexibility index (Phi) is 17.9. The van der Waals surface area contributed by atoms with Crippen molar-refractivity contribution < 1.29 is 38.1 Å². The van der Waals surface area contributed by atoms with E-state index in [4.69, 9.17) is 23.7 Å². The van der Waals surface area contributed by atoms with E-state index >= 15 is 0 Å². The smallest absolute Gasteiger partial charge is 0.343 e. The SMILES string of the molecule is CCCC1CCC(c2ccc(OC(=O)c3ccc(OCCCCCC(=O)OCCCCCC(=O)OCCOCC)cc3)cc2)CC1. The summed E-state index contributed by atoms with van der Waals surface area (Å²) in [5.74, 6) is 1.94. The molecule has 1 saturated carbocycles. The Hall–Kier alpha value is -3.39. The zero-order valence-corrected chi connectivity index (χ0v) is 28.0. The van der Waals surface area contributed by atoms with Gasteiger partial charge in [-0.3, -0.25) is 9.59 Å². The van der Waals surface area contributed by atoms with Crippen LogP contribution in [0.15, 0.2) is 48.5 Å². The van der Waals surface area contributed by atoms with Gasteiger partial charge in [-0.2, -0.15) is 0 Å². The number of benzene rings is 2. The van der Waals surface area contributed by atoms with E-state index < -0.39 is 0 Å². The molecule has 0 N–H and O–H groups in total. The lowest BCUT2D eigenvalue weighted by Crippen LogP contribution is -2.13. The summed E-state index contributed by atoms with van der Waals surface area (Å²) in [6, 6.07) is 15.0. The van der Waals surface area contributed by atoms with Crippen LogP contribution < -0.4 is 9.47 Å². The molecule has 0 aliphatic heterocycles. The van der Waals surface area contributed by atoms with Gasteiger partial charge in [0.05, 0.1) is 25.4 Å². The van der Waals surface area contributed by atoms with E-state index in [0.29, 0.717) is 68.7 Å². The van der Waals surface area contributed by atoms with Gasteiger partial charge in [-0.05, 0) is 125 Å². The van der Waals surface area contributed by atoms with Gasteiger partial charge < -0.3 is 23.7 Å². The van der Waals surface area contributed by atoms with Gasteiger partial charge in [0, 0.05) is 19.4 Å². The summed E-state index contributed by atoms with van der Waals surface area (Å²) in [6.45, 7) is 6.39. The van der Waals surface area contributed by atoms with Crippen LogP contribution in [0.2, 0.25) is 0 Å². The van der Waals surface area contributed by atoms with Crippen LogP contribution in [0.1, 0.15) is 126 Å². The highest BCUT2D eigenvalue weighted by atomic mass is 16.6. The molecule has 46 heavy (non-hydrogen) atoms. The highest BCUT2D eigenvalue weighted by Gasteiger charge is 2.22. The fraction of sp³-hybridized carbons (Fsp3) is 0.605. The first-order valence-electron chi connectivity index (χ1n) is 17.4. The number of hydrogen-bond acceptors (Lipinski definition) is 8. The van der Waals surface area contributed by atoms with Crippen molar-refractivity contribution in [1.29, 1.82) is 0 Å². The van der Waals surface area contributed by atoms with Crippen LogP contribution in [0.5, 0.6) is 11.5 Å². The molecule has 0 spiro atoms. The van der Waals surface area contributed by atoms with E-state index in [1.165, 1.54) is 44.1 Å². The summed E-state index contributed by atoms with van der Waals surface area (Å²) in [7, 11) is 0. The predicted octanol–water partition coefficient (Wildman–Crippen LogP) is 8.60. The molecule has 8 heteroatoms. The molecule has 0 aromatic heterocycles. The molecule has 0 bridgehead atoms. The Morgan fingerprint density at radius 1 is 0.652 bits per heavy atom. The number of carbonyl (C=O) groups excluding carboxylic acids is 3. The Morgan fingerprint density at radius 2 is 1.26 bits per heavy atom. The highest BCUT2D eigenvalue weighted by Crippen LogP contribution is 2.37. The van der Waals surface area contributed by atoms with Crippen molar-refractivity contribution in [3.8, 4) is 11.5 Å². The normalized spacial score (nSPS) is 16.0. The molecule has 3 rings (SSSR count). The summed E-state index contributed by atoms with van der Waals surface area (Å²) in [4.78, 5) is 36.2. The van der Waals surface area contributed by atoms with Gasteiger partial charge in [-0.1, -0.05) is 31.9 Å². The van der Waals surface area contributed by atoms with E-state index in [-0.39, 0.29) is 24.5 Å². The maximum absolute atomic E-state index is 12.7. The topological polar surface area (TPSA) is 97.4 Å². The zero-order chi connectivity index (χ0) is 32.8. The Bertz CT molecular complexity index is 1140. The van der Waals surface area contributed by atoms with Gasteiger partial charge >= 0.3 is 17.9 Å². The second-order valence-corrected chi connectivity index (χ2v) is 12.1. The number of unbranched alkanes of at least 4 members (excludes halogenated alkanes) is 4. The summed E-state index contributed by atoms with van der Waals surface area (Å²) >= 11 is 0. The molecule has 0 radical (unpaired) electrons. The van der Waals surface area contributed by atoms with Crippen LogP contribution in [0.25, 0.3) is 0 Å². The van der Waals surface area contributed by atoms with Crippen molar-refractivity contribution in [2.75, 3.05) is 33.0 Å². The van der Waals surface area contributed by atoms with Gasteiger partial charge in [0.15, 0.2) is 0 Å². The monoisotopic (exact) mass is 638 g/mol. The van der Waals surface area contributed by atoms with Gasteiger partial charge in [0.25, 0.3) is 0 Å². The van der Waals surface area contributed by atoms with E-state index in [1.54, 1.807) is 24.3 Å². The van der Waals surface area contributed by atoms with Crippen LogP contribution >= 0.6 is 0 Å². The van der Waals surface area contributed by atoms with Crippen molar-refractivity contribution >= 4 is 17.9 Å². The van der Waals surface area contributed by atoms with Crippen molar-refractivity contribution in [3.05, 3.63) is 59.7 Å². The van der Waals surface area contributed by atoms with Crippen molar-refractivity contribution in [2.45, 2.75) is 110 Å². The summed E-state index contributed by atoms with van der Waals surface area (Å²) in [6.07, 6.45) is 13.1. The maximum Gasteiger partial charge on any atom is 0.343 e. The zero-order valence-electron chi connectivity index (χ0n) is 28.0. The van der Waals surface area contributed by atoms with E-state index in [0.717, 1.165) is 38.0 Å². The van der Waals surface area contributed by atoms with Crippen LogP contribution in [0.4, 0.5) is 0 Å². The molecule has 0 saturated heterocycles. The fourth-order valence-electron chi connectivity index (χ4n) is 5.83.